The van der Waals surface area contributed by atoms with E-state index in [-0.39, 0.29) is 11.7 Å². The summed E-state index contributed by atoms with van der Waals surface area (Å²) in [6.45, 7) is 3.95. The van der Waals surface area contributed by atoms with Crippen molar-refractivity contribution >= 4 is 112 Å². The van der Waals surface area contributed by atoms with Gasteiger partial charge in [0.15, 0.2) is 0 Å². The molecular weight excluding hydrogens is 729 g/mol. The van der Waals surface area contributed by atoms with Gasteiger partial charge in [-0.3, -0.25) is 9.59 Å². The van der Waals surface area contributed by atoms with E-state index < -0.39 is 11.9 Å². The van der Waals surface area contributed by atoms with Gasteiger partial charge in [0.05, 0.1) is 16.3 Å². The lowest BCUT2D eigenvalue weighted by Crippen LogP contribution is -2.18. The number of ether oxygens (including phenoxy) is 1. The minimum absolute atomic E-state index is 0.241. The van der Waals surface area contributed by atoms with Crippen LogP contribution >= 0.6 is 61.8 Å². The number of halogens is 3. The first kappa shape index (κ1) is 31.9. The summed E-state index contributed by atoms with van der Waals surface area (Å²) < 4.78 is 8.25. The fourth-order valence-electron chi connectivity index (χ4n) is 4.60. The van der Waals surface area contributed by atoms with Crippen molar-refractivity contribution in [3.63, 3.8) is 0 Å². The van der Waals surface area contributed by atoms with E-state index in [0.717, 1.165) is 35.8 Å². The van der Waals surface area contributed by atoms with Gasteiger partial charge in [-0.05, 0) is 79.6 Å². The molecule has 0 spiro atoms. The number of hydrazone groups is 1. The molecule has 2 aromatic heterocycles. The van der Waals surface area contributed by atoms with Crippen molar-refractivity contribution in [2.45, 2.75) is 13.8 Å². The maximum absolute atomic E-state index is 13.1. The summed E-state index contributed by atoms with van der Waals surface area (Å²) >= 11 is 19.0. The second-order valence-corrected chi connectivity index (χ2v) is 14.1. The minimum atomic E-state index is -0.596. The quantitative estimate of drug-likeness (QED) is 0.0735. The van der Waals surface area contributed by atoms with Gasteiger partial charge in [0.2, 0.25) is 0 Å². The van der Waals surface area contributed by atoms with Crippen LogP contribution in [0.1, 0.15) is 46.4 Å². The number of fused-ring (bicyclic) bond motifs is 2. The van der Waals surface area contributed by atoms with E-state index in [1.807, 2.05) is 50.2 Å². The summed E-state index contributed by atoms with van der Waals surface area (Å²) in [5.41, 5.74) is 5.89. The van der Waals surface area contributed by atoms with E-state index in [2.05, 4.69) is 31.8 Å². The Morgan fingerprint density at radius 1 is 0.783 bits per heavy atom. The molecule has 7 nitrogen and oxygen atoms in total. The molecule has 4 aromatic carbocycles. The topological polar surface area (TPSA) is 96.9 Å². The largest absolute Gasteiger partial charge is 0.422 e. The first-order valence-corrected chi connectivity index (χ1v) is 16.9. The Balaban J connectivity index is 1.11. The van der Waals surface area contributed by atoms with Gasteiger partial charge < -0.3 is 10.1 Å². The molecular formula is C34H22BrCl2N3O4S2. The van der Waals surface area contributed by atoms with Crippen molar-refractivity contribution < 1.29 is 19.1 Å². The molecule has 6 rings (SSSR count). The molecule has 0 bridgehead atoms. The van der Waals surface area contributed by atoms with E-state index in [4.69, 9.17) is 27.9 Å². The van der Waals surface area contributed by atoms with E-state index in [1.54, 1.807) is 42.5 Å². The molecule has 2 amide bonds. The monoisotopic (exact) mass is 749 g/mol. The third-order valence-corrected chi connectivity index (χ3v) is 10.7. The number of carbonyl (C=O) groups excluding carboxylic acids is 3. The third kappa shape index (κ3) is 6.72. The molecule has 2 heterocycles. The molecule has 0 aliphatic heterocycles. The Morgan fingerprint density at radius 3 is 2.04 bits per heavy atom. The summed E-state index contributed by atoms with van der Waals surface area (Å²) in [5.74, 6) is -1.16. The van der Waals surface area contributed by atoms with E-state index in [0.29, 0.717) is 36.6 Å². The minimum Gasteiger partial charge on any atom is -0.422 e. The summed E-state index contributed by atoms with van der Waals surface area (Å²) in [5, 5.41) is 9.27. The number of rotatable bonds is 7. The lowest BCUT2D eigenvalue weighted by atomic mass is 10.2. The van der Waals surface area contributed by atoms with Crippen molar-refractivity contribution in [1.82, 2.24) is 5.43 Å². The van der Waals surface area contributed by atoms with Crippen LogP contribution in [0.15, 0.2) is 88.4 Å². The van der Waals surface area contributed by atoms with Crippen LogP contribution in [0.2, 0.25) is 10.0 Å². The molecule has 0 saturated heterocycles. The predicted molar refractivity (Wildman–Crippen MR) is 192 cm³/mol. The van der Waals surface area contributed by atoms with Gasteiger partial charge in [-0.2, -0.15) is 5.10 Å². The predicted octanol–water partition coefficient (Wildman–Crippen LogP) is 10.0. The van der Waals surface area contributed by atoms with Crippen molar-refractivity contribution in [1.29, 1.82) is 0 Å². The van der Waals surface area contributed by atoms with Gasteiger partial charge in [0, 0.05) is 41.5 Å². The third-order valence-electron chi connectivity index (χ3n) is 6.91. The Bertz CT molecular complexity index is 2210. The zero-order chi connectivity index (χ0) is 32.5. The molecule has 2 N–H and O–H groups in total. The summed E-state index contributed by atoms with van der Waals surface area (Å²) in [6, 6.07) is 23.1. The number of anilines is 1. The molecule has 0 unspecified atom stereocenters. The van der Waals surface area contributed by atoms with Crippen LogP contribution in [0.4, 0.5) is 5.69 Å². The van der Waals surface area contributed by atoms with Crippen LogP contribution < -0.4 is 15.5 Å². The molecule has 0 atom stereocenters. The van der Waals surface area contributed by atoms with Crippen molar-refractivity contribution in [3.05, 3.63) is 125 Å². The average molecular weight is 752 g/mol. The fourth-order valence-corrected chi connectivity index (χ4v) is 7.97. The second kappa shape index (κ2) is 13.4. The fraction of sp³-hybridized carbons (Fsp3) is 0.0588. The number of hydrogen-bond acceptors (Lipinski definition) is 7. The number of aryl methyl sites for hydroxylation is 2. The first-order valence-electron chi connectivity index (χ1n) is 13.7. The van der Waals surface area contributed by atoms with Crippen LogP contribution in [0.25, 0.3) is 20.2 Å². The highest BCUT2D eigenvalue weighted by molar-refractivity contribution is 9.10. The smallest absolute Gasteiger partial charge is 0.355 e. The maximum Gasteiger partial charge on any atom is 0.355 e. The molecule has 6 aromatic rings. The summed E-state index contributed by atoms with van der Waals surface area (Å²) in [6.07, 6.45) is 1.38. The number of nitrogens with zero attached hydrogens (tertiary/aromatic N) is 1. The van der Waals surface area contributed by atoms with Gasteiger partial charge in [0.25, 0.3) is 11.8 Å². The first-order chi connectivity index (χ1) is 22.1. The lowest BCUT2D eigenvalue weighted by molar-refractivity contribution is 0.0739. The molecule has 46 heavy (non-hydrogen) atoms. The van der Waals surface area contributed by atoms with E-state index in [9.17, 15) is 14.4 Å². The number of hydrogen-bond donors (Lipinski definition) is 2. The maximum atomic E-state index is 13.1. The molecule has 0 aliphatic rings. The number of thiophene rings is 2. The molecule has 230 valence electrons. The van der Waals surface area contributed by atoms with Crippen molar-refractivity contribution in [2.24, 2.45) is 5.10 Å². The number of benzene rings is 4. The van der Waals surface area contributed by atoms with Gasteiger partial charge in [-0.15, -0.1) is 22.7 Å². The SMILES string of the molecule is Cc1ccc2c(Cl)c(C(=O)Nc3ccc(C(=O)N/N=C\c4cc(Br)ccc4OC(=O)c4sc5cc(C)ccc5c4Cl)cc3)sc2c1. The molecule has 12 heteroatoms. The molecule has 0 saturated carbocycles. The number of esters is 1. The van der Waals surface area contributed by atoms with Crippen molar-refractivity contribution in [2.75, 3.05) is 5.32 Å². The van der Waals surface area contributed by atoms with Gasteiger partial charge in [-0.25, -0.2) is 10.2 Å². The van der Waals surface area contributed by atoms with E-state index in [1.165, 1.54) is 28.9 Å². The van der Waals surface area contributed by atoms with Gasteiger partial charge in [0.1, 0.15) is 15.5 Å². The molecule has 0 radical (unpaired) electrons. The Morgan fingerprint density at radius 2 is 1.39 bits per heavy atom. The Labute approximate surface area is 289 Å². The number of nitrogens with one attached hydrogen (secondary N) is 2. The van der Waals surface area contributed by atoms with Gasteiger partial charge in [-0.1, -0.05) is 63.4 Å². The number of amides is 2. The highest BCUT2D eigenvalue weighted by Crippen LogP contribution is 2.38. The van der Waals surface area contributed by atoms with Gasteiger partial charge >= 0.3 is 5.97 Å². The van der Waals surface area contributed by atoms with Crippen molar-refractivity contribution in [3.8, 4) is 5.75 Å². The highest BCUT2D eigenvalue weighted by atomic mass is 79.9. The van der Waals surface area contributed by atoms with E-state index >= 15 is 0 Å². The van der Waals surface area contributed by atoms with Crippen LogP contribution in [0.5, 0.6) is 5.75 Å². The summed E-state index contributed by atoms with van der Waals surface area (Å²) in [4.78, 5) is 39.5. The normalized spacial score (nSPS) is 11.3. The molecule has 0 aliphatic carbocycles. The van der Waals surface area contributed by atoms with Crippen LogP contribution in [-0.2, 0) is 0 Å². The summed E-state index contributed by atoms with van der Waals surface area (Å²) in [7, 11) is 0. The zero-order valence-electron chi connectivity index (χ0n) is 24.1. The second-order valence-electron chi connectivity index (χ2n) is 10.3. The molecule has 0 fully saturated rings. The Kier molecular flexibility index (Phi) is 9.26. The van der Waals surface area contributed by atoms with Crippen LogP contribution in [0.3, 0.4) is 0 Å². The number of carbonyl (C=O) groups is 3. The van der Waals surface area contributed by atoms with Crippen LogP contribution in [-0.4, -0.2) is 24.0 Å². The van der Waals surface area contributed by atoms with Crippen LogP contribution in [0, 0.1) is 13.8 Å². The lowest BCUT2D eigenvalue weighted by Gasteiger charge is -2.08. The highest BCUT2D eigenvalue weighted by Gasteiger charge is 2.21. The standard InChI is InChI=1S/C34H22BrCl2N3O4S2/c1-17-3-10-23-26(13-17)45-30(28(23)36)33(42)39-22-8-5-19(6-9-22)32(41)40-38-16-20-15-21(35)7-12-25(20)44-34(43)31-29(37)24-11-4-18(2)14-27(24)46-31/h3-16H,1-2H3,(H,39,42)(H,40,41)/b38-16-. The zero-order valence-corrected chi connectivity index (χ0v) is 28.8. The Hall–Kier alpha value is -4.06. The average Bonchev–Trinajstić information content (AvgIpc) is 3.53.